The van der Waals surface area contributed by atoms with Crippen molar-refractivity contribution in [3.63, 3.8) is 0 Å². The molecule has 1 N–H and O–H groups in total. The molecule has 182 valence electrons. The van der Waals surface area contributed by atoms with Gasteiger partial charge in [0.2, 0.25) is 0 Å². The molecule has 2 aromatic rings. The van der Waals surface area contributed by atoms with Crippen molar-refractivity contribution in [3.8, 4) is 0 Å². The standard InChI is InChI=1S/C29H38N2O2S/c1-28(2,3)33-27(32)30-26(21-31(4)5)22-34-29(23-15-9-6-10-16-23,24-17-11-7-12-18-24)25-19-13-8-14-20-25/h6-7,9-13,15-20,26H,8,14,21-22H2,1-5H3,(H,30,32). The van der Waals surface area contributed by atoms with Crippen LogP contribution in [0.5, 0.6) is 0 Å². The Hall–Kier alpha value is -2.50. The molecule has 4 nitrogen and oxygen atoms in total. The minimum absolute atomic E-state index is 0.0742. The van der Waals surface area contributed by atoms with Crippen LogP contribution < -0.4 is 5.32 Å². The average molecular weight is 479 g/mol. The molecule has 1 aliphatic carbocycles. The minimum Gasteiger partial charge on any atom is -0.444 e. The van der Waals surface area contributed by atoms with E-state index in [1.807, 2.05) is 46.6 Å². The first kappa shape index (κ1) is 26.1. The number of rotatable bonds is 9. The summed E-state index contributed by atoms with van der Waals surface area (Å²) < 4.78 is 5.19. The summed E-state index contributed by atoms with van der Waals surface area (Å²) >= 11 is 1.88. The Labute approximate surface area is 209 Å². The third-order valence-electron chi connectivity index (χ3n) is 5.57. The summed E-state index contributed by atoms with van der Waals surface area (Å²) in [4.78, 5) is 14.7. The number of thioether (sulfide) groups is 1. The van der Waals surface area contributed by atoms with Gasteiger partial charge in [-0.2, -0.15) is 0 Å². The van der Waals surface area contributed by atoms with Gasteiger partial charge >= 0.3 is 6.09 Å². The molecule has 2 aromatic carbocycles. The van der Waals surface area contributed by atoms with Gasteiger partial charge in [-0.25, -0.2) is 4.79 Å². The number of allylic oxidation sites excluding steroid dienone is 3. The van der Waals surface area contributed by atoms with Crippen molar-refractivity contribution in [3.05, 3.63) is 95.6 Å². The van der Waals surface area contributed by atoms with E-state index in [2.05, 4.69) is 89.1 Å². The quantitative estimate of drug-likeness (QED) is 0.453. The number of carbonyl (C=O) groups is 1. The molecule has 3 rings (SSSR count). The van der Waals surface area contributed by atoms with Gasteiger partial charge in [0.25, 0.3) is 0 Å². The van der Waals surface area contributed by atoms with E-state index in [1.54, 1.807) is 0 Å². The number of nitrogens with one attached hydrogen (secondary N) is 1. The first-order valence-electron chi connectivity index (χ1n) is 12.0. The number of hydrogen-bond donors (Lipinski definition) is 1. The van der Waals surface area contributed by atoms with Gasteiger partial charge in [0.1, 0.15) is 5.60 Å². The third-order valence-corrected chi connectivity index (χ3v) is 7.28. The molecule has 0 fully saturated rings. The number of ether oxygens (including phenoxy) is 1. The van der Waals surface area contributed by atoms with Crippen molar-refractivity contribution in [2.75, 3.05) is 26.4 Å². The molecule has 1 atom stereocenters. The third kappa shape index (κ3) is 7.00. The fourth-order valence-electron chi connectivity index (χ4n) is 4.25. The van der Waals surface area contributed by atoms with E-state index in [0.29, 0.717) is 0 Å². The van der Waals surface area contributed by atoms with Crippen LogP contribution in [0.25, 0.3) is 0 Å². The van der Waals surface area contributed by atoms with Crippen LogP contribution >= 0.6 is 11.8 Å². The number of likely N-dealkylation sites (N-methyl/N-ethyl adjacent to an activating group) is 1. The lowest BCUT2D eigenvalue weighted by molar-refractivity contribution is 0.0503. The molecular formula is C29H38N2O2S. The Morgan fingerprint density at radius 1 is 1.00 bits per heavy atom. The molecule has 0 heterocycles. The summed E-state index contributed by atoms with van der Waals surface area (Å²) in [6, 6.07) is 21.3. The van der Waals surface area contributed by atoms with E-state index >= 15 is 0 Å². The number of carbonyl (C=O) groups excluding carboxylic acids is 1. The number of amides is 1. The highest BCUT2D eigenvalue weighted by atomic mass is 32.2. The SMILES string of the molecule is CN(C)CC(CSC(C1=CCCC=C1)(c1ccccc1)c1ccccc1)NC(=O)OC(C)(C)C. The molecule has 0 saturated heterocycles. The maximum absolute atomic E-state index is 12.6. The number of nitrogens with zero attached hydrogens (tertiary/aromatic N) is 1. The van der Waals surface area contributed by atoms with Gasteiger partial charge in [-0.3, -0.25) is 0 Å². The van der Waals surface area contributed by atoms with Crippen molar-refractivity contribution in [1.29, 1.82) is 0 Å². The largest absolute Gasteiger partial charge is 0.444 e. The molecule has 34 heavy (non-hydrogen) atoms. The van der Waals surface area contributed by atoms with E-state index < -0.39 is 5.60 Å². The van der Waals surface area contributed by atoms with Crippen LogP contribution in [0.4, 0.5) is 4.79 Å². The van der Waals surface area contributed by atoms with Gasteiger partial charge in [0.15, 0.2) is 0 Å². The fraction of sp³-hybridized carbons (Fsp3) is 0.414. The molecule has 0 aromatic heterocycles. The van der Waals surface area contributed by atoms with Gasteiger partial charge in [-0.1, -0.05) is 78.9 Å². The zero-order chi connectivity index (χ0) is 24.6. The summed E-state index contributed by atoms with van der Waals surface area (Å²) in [6.07, 6.45) is 8.64. The van der Waals surface area contributed by atoms with Crippen molar-refractivity contribution in [2.24, 2.45) is 0 Å². The molecule has 0 aliphatic heterocycles. The van der Waals surface area contributed by atoms with E-state index in [0.717, 1.165) is 25.1 Å². The van der Waals surface area contributed by atoms with Gasteiger partial charge in [0, 0.05) is 12.3 Å². The number of alkyl carbamates (subject to hydrolysis) is 1. The maximum Gasteiger partial charge on any atom is 0.407 e. The summed E-state index contributed by atoms with van der Waals surface area (Å²) in [5, 5.41) is 3.12. The molecule has 0 bridgehead atoms. The lowest BCUT2D eigenvalue weighted by atomic mass is 9.81. The Kier molecular flexibility index (Phi) is 9.03. The van der Waals surface area contributed by atoms with E-state index in [1.165, 1.54) is 16.7 Å². The molecule has 1 unspecified atom stereocenters. The van der Waals surface area contributed by atoms with Crippen LogP contribution in [-0.4, -0.2) is 49.0 Å². The van der Waals surface area contributed by atoms with E-state index in [-0.39, 0.29) is 16.9 Å². The Morgan fingerprint density at radius 2 is 1.59 bits per heavy atom. The molecule has 0 saturated carbocycles. The molecule has 5 heteroatoms. The second-order valence-electron chi connectivity index (χ2n) is 9.97. The molecule has 1 aliphatic rings. The van der Waals surface area contributed by atoms with E-state index in [4.69, 9.17) is 4.74 Å². The summed E-state index contributed by atoms with van der Waals surface area (Å²) in [5.74, 6) is 0.729. The second-order valence-corrected chi connectivity index (χ2v) is 11.2. The Bertz CT molecular complexity index is 939. The lowest BCUT2D eigenvalue weighted by Crippen LogP contribution is -2.46. The van der Waals surface area contributed by atoms with Gasteiger partial charge in [-0.05, 0) is 64.4 Å². The second kappa shape index (κ2) is 11.8. The Balaban J connectivity index is 1.99. The van der Waals surface area contributed by atoms with Gasteiger partial charge in [-0.15, -0.1) is 11.8 Å². The average Bonchev–Trinajstić information content (AvgIpc) is 2.80. The van der Waals surface area contributed by atoms with Crippen molar-refractivity contribution in [1.82, 2.24) is 10.2 Å². The molecule has 1 amide bonds. The highest BCUT2D eigenvalue weighted by molar-refractivity contribution is 8.00. The summed E-state index contributed by atoms with van der Waals surface area (Å²) in [6.45, 7) is 6.39. The van der Waals surface area contributed by atoms with Crippen LogP contribution in [0.3, 0.4) is 0 Å². The zero-order valence-corrected chi connectivity index (χ0v) is 21.9. The van der Waals surface area contributed by atoms with Crippen LogP contribution in [0, 0.1) is 0 Å². The topological polar surface area (TPSA) is 41.6 Å². The predicted octanol–water partition coefficient (Wildman–Crippen LogP) is 6.39. The number of benzene rings is 2. The smallest absolute Gasteiger partial charge is 0.407 e. The monoisotopic (exact) mass is 478 g/mol. The highest BCUT2D eigenvalue weighted by Crippen LogP contribution is 2.50. The molecular weight excluding hydrogens is 440 g/mol. The minimum atomic E-state index is -0.532. The predicted molar refractivity (Wildman–Crippen MR) is 144 cm³/mol. The first-order valence-corrected chi connectivity index (χ1v) is 13.0. The Morgan fingerprint density at radius 3 is 2.06 bits per heavy atom. The van der Waals surface area contributed by atoms with Crippen molar-refractivity contribution < 1.29 is 9.53 Å². The van der Waals surface area contributed by atoms with Gasteiger partial charge in [0.05, 0.1) is 10.8 Å². The van der Waals surface area contributed by atoms with Crippen molar-refractivity contribution >= 4 is 17.9 Å². The van der Waals surface area contributed by atoms with Crippen LogP contribution in [0.15, 0.2) is 84.5 Å². The highest BCUT2D eigenvalue weighted by Gasteiger charge is 2.39. The van der Waals surface area contributed by atoms with Crippen LogP contribution in [0.1, 0.15) is 44.7 Å². The number of hydrogen-bond acceptors (Lipinski definition) is 4. The first-order chi connectivity index (χ1) is 16.2. The van der Waals surface area contributed by atoms with Crippen LogP contribution in [-0.2, 0) is 9.48 Å². The van der Waals surface area contributed by atoms with Gasteiger partial charge < -0.3 is 15.0 Å². The summed E-state index contributed by atoms with van der Waals surface area (Å²) in [5.41, 5.74) is 3.24. The zero-order valence-electron chi connectivity index (χ0n) is 21.1. The normalized spacial score (nSPS) is 15.1. The lowest BCUT2D eigenvalue weighted by Gasteiger charge is -2.38. The van der Waals surface area contributed by atoms with E-state index in [9.17, 15) is 4.79 Å². The van der Waals surface area contributed by atoms with Crippen LogP contribution in [0.2, 0.25) is 0 Å². The van der Waals surface area contributed by atoms with Crippen molar-refractivity contribution in [2.45, 2.75) is 50.0 Å². The fourth-order valence-corrected chi connectivity index (χ4v) is 5.81. The molecule has 0 radical (unpaired) electrons. The summed E-state index contributed by atoms with van der Waals surface area (Å²) in [7, 11) is 4.06. The molecule has 0 spiro atoms. The maximum atomic E-state index is 12.6.